The Morgan fingerprint density at radius 2 is 1.71 bits per heavy atom. The minimum atomic E-state index is -0.190. The molecule has 0 aliphatic carbocycles. The molecule has 1 atom stereocenters. The highest BCUT2D eigenvalue weighted by Crippen LogP contribution is 2.31. The van der Waals surface area contributed by atoms with E-state index >= 15 is 0 Å². The number of hydrogen-bond acceptors (Lipinski definition) is 4. The SMILES string of the molecule is COc1cc(N)c(C(=O)NC(C)CCC(C)C)cc1OC. The van der Waals surface area contributed by atoms with Crippen LogP contribution in [0.4, 0.5) is 5.69 Å². The number of carbonyl (C=O) groups is 1. The van der Waals surface area contributed by atoms with Gasteiger partial charge in [0.2, 0.25) is 0 Å². The van der Waals surface area contributed by atoms with Gasteiger partial charge in [-0.05, 0) is 31.7 Å². The Morgan fingerprint density at radius 3 is 2.24 bits per heavy atom. The van der Waals surface area contributed by atoms with Gasteiger partial charge in [-0.3, -0.25) is 4.79 Å². The molecular formula is C16H26N2O3. The maximum Gasteiger partial charge on any atom is 0.253 e. The van der Waals surface area contributed by atoms with E-state index in [1.165, 1.54) is 14.2 Å². The number of ether oxygens (including phenoxy) is 2. The summed E-state index contributed by atoms with van der Waals surface area (Å²) in [7, 11) is 3.06. The monoisotopic (exact) mass is 294 g/mol. The van der Waals surface area contributed by atoms with E-state index in [9.17, 15) is 4.79 Å². The quantitative estimate of drug-likeness (QED) is 0.758. The van der Waals surface area contributed by atoms with Gasteiger partial charge >= 0.3 is 0 Å². The lowest BCUT2D eigenvalue weighted by Crippen LogP contribution is -2.33. The molecule has 1 unspecified atom stereocenters. The lowest BCUT2D eigenvalue weighted by Gasteiger charge is -2.17. The molecule has 0 fully saturated rings. The van der Waals surface area contributed by atoms with E-state index in [-0.39, 0.29) is 11.9 Å². The Balaban J connectivity index is 2.82. The maximum atomic E-state index is 12.3. The minimum absolute atomic E-state index is 0.104. The average Bonchev–Trinajstić information content (AvgIpc) is 2.44. The van der Waals surface area contributed by atoms with Crippen LogP contribution in [-0.4, -0.2) is 26.2 Å². The summed E-state index contributed by atoms with van der Waals surface area (Å²) in [6.07, 6.45) is 2.01. The van der Waals surface area contributed by atoms with Crippen LogP contribution in [0.15, 0.2) is 12.1 Å². The van der Waals surface area contributed by atoms with Crippen molar-refractivity contribution in [2.75, 3.05) is 20.0 Å². The summed E-state index contributed by atoms with van der Waals surface area (Å²) >= 11 is 0. The molecule has 5 heteroatoms. The molecule has 0 saturated carbocycles. The summed E-state index contributed by atoms with van der Waals surface area (Å²) < 4.78 is 10.4. The van der Waals surface area contributed by atoms with Gasteiger partial charge < -0.3 is 20.5 Å². The summed E-state index contributed by atoms with van der Waals surface area (Å²) in [5.41, 5.74) is 6.71. The lowest BCUT2D eigenvalue weighted by atomic mass is 10.0. The number of hydrogen-bond donors (Lipinski definition) is 2. The fourth-order valence-electron chi connectivity index (χ4n) is 2.05. The molecule has 5 nitrogen and oxygen atoms in total. The highest BCUT2D eigenvalue weighted by molar-refractivity contribution is 6.00. The lowest BCUT2D eigenvalue weighted by molar-refractivity contribution is 0.0937. The molecule has 0 aromatic heterocycles. The van der Waals surface area contributed by atoms with Gasteiger partial charge in [0, 0.05) is 17.8 Å². The van der Waals surface area contributed by atoms with E-state index in [1.54, 1.807) is 12.1 Å². The molecular weight excluding hydrogens is 268 g/mol. The van der Waals surface area contributed by atoms with Crippen LogP contribution in [0.1, 0.15) is 44.0 Å². The number of amides is 1. The zero-order valence-electron chi connectivity index (χ0n) is 13.5. The van der Waals surface area contributed by atoms with Crippen LogP contribution in [0, 0.1) is 5.92 Å². The van der Waals surface area contributed by atoms with Crippen LogP contribution in [0.25, 0.3) is 0 Å². The second-order valence-corrected chi connectivity index (χ2v) is 5.64. The van der Waals surface area contributed by atoms with Gasteiger partial charge in [-0.1, -0.05) is 13.8 Å². The molecule has 1 amide bonds. The topological polar surface area (TPSA) is 73.6 Å². The molecule has 0 bridgehead atoms. The molecule has 0 aliphatic heterocycles. The van der Waals surface area contributed by atoms with E-state index in [2.05, 4.69) is 19.2 Å². The molecule has 0 aliphatic rings. The van der Waals surface area contributed by atoms with Crippen molar-refractivity contribution in [2.45, 2.75) is 39.7 Å². The second kappa shape index (κ2) is 7.76. The second-order valence-electron chi connectivity index (χ2n) is 5.64. The van der Waals surface area contributed by atoms with Crippen LogP contribution < -0.4 is 20.5 Å². The van der Waals surface area contributed by atoms with E-state index < -0.39 is 0 Å². The molecule has 21 heavy (non-hydrogen) atoms. The van der Waals surface area contributed by atoms with Crippen LogP contribution in [0.5, 0.6) is 11.5 Å². The van der Waals surface area contributed by atoms with Gasteiger partial charge in [0.1, 0.15) is 0 Å². The zero-order valence-corrected chi connectivity index (χ0v) is 13.5. The predicted octanol–water partition coefficient (Wildman–Crippen LogP) is 2.84. The van der Waals surface area contributed by atoms with E-state index in [4.69, 9.17) is 15.2 Å². The molecule has 1 rings (SSSR count). The van der Waals surface area contributed by atoms with Crippen molar-refractivity contribution in [1.82, 2.24) is 5.32 Å². The first-order valence-corrected chi connectivity index (χ1v) is 7.21. The summed E-state index contributed by atoms with van der Waals surface area (Å²) in [5.74, 6) is 1.44. The maximum absolute atomic E-state index is 12.3. The summed E-state index contributed by atoms with van der Waals surface area (Å²) in [6.45, 7) is 6.33. The fourth-order valence-corrected chi connectivity index (χ4v) is 2.05. The Kier molecular flexibility index (Phi) is 6.34. The van der Waals surface area contributed by atoms with Gasteiger partial charge in [-0.15, -0.1) is 0 Å². The van der Waals surface area contributed by atoms with Crippen molar-refractivity contribution in [2.24, 2.45) is 5.92 Å². The van der Waals surface area contributed by atoms with Gasteiger partial charge in [0.15, 0.2) is 11.5 Å². The molecule has 0 heterocycles. The fraction of sp³-hybridized carbons (Fsp3) is 0.562. The van der Waals surface area contributed by atoms with Crippen LogP contribution in [0.2, 0.25) is 0 Å². The predicted molar refractivity (Wildman–Crippen MR) is 85.0 cm³/mol. The van der Waals surface area contributed by atoms with Gasteiger partial charge in [0.05, 0.1) is 19.8 Å². The minimum Gasteiger partial charge on any atom is -0.493 e. The third kappa shape index (κ3) is 4.85. The van der Waals surface area contributed by atoms with Crippen molar-refractivity contribution in [1.29, 1.82) is 0 Å². The molecule has 1 aromatic carbocycles. The van der Waals surface area contributed by atoms with Crippen molar-refractivity contribution < 1.29 is 14.3 Å². The number of nitrogens with two attached hydrogens (primary N) is 1. The highest BCUT2D eigenvalue weighted by Gasteiger charge is 2.17. The van der Waals surface area contributed by atoms with Crippen LogP contribution in [0.3, 0.4) is 0 Å². The average molecular weight is 294 g/mol. The van der Waals surface area contributed by atoms with E-state index in [0.29, 0.717) is 28.7 Å². The Bertz CT molecular complexity index is 487. The molecule has 0 radical (unpaired) electrons. The Hall–Kier alpha value is -1.91. The highest BCUT2D eigenvalue weighted by atomic mass is 16.5. The van der Waals surface area contributed by atoms with Crippen molar-refractivity contribution in [3.8, 4) is 11.5 Å². The van der Waals surface area contributed by atoms with Gasteiger partial charge in [-0.25, -0.2) is 0 Å². The van der Waals surface area contributed by atoms with Crippen LogP contribution >= 0.6 is 0 Å². The summed E-state index contributed by atoms with van der Waals surface area (Å²) in [4.78, 5) is 12.3. The Morgan fingerprint density at radius 1 is 1.14 bits per heavy atom. The first-order valence-electron chi connectivity index (χ1n) is 7.21. The van der Waals surface area contributed by atoms with Crippen molar-refractivity contribution in [3.05, 3.63) is 17.7 Å². The number of methoxy groups -OCH3 is 2. The first-order chi connectivity index (χ1) is 9.88. The third-order valence-electron chi connectivity index (χ3n) is 3.35. The normalized spacial score (nSPS) is 12.1. The number of carbonyl (C=O) groups excluding carboxylic acids is 1. The van der Waals surface area contributed by atoms with Crippen molar-refractivity contribution >= 4 is 11.6 Å². The molecule has 0 spiro atoms. The summed E-state index contributed by atoms with van der Waals surface area (Å²) in [5, 5.41) is 2.97. The first kappa shape index (κ1) is 17.1. The molecule has 3 N–H and O–H groups in total. The standard InChI is InChI=1S/C16H26N2O3/c1-10(2)6-7-11(3)18-16(19)12-8-14(20-4)15(21-5)9-13(12)17/h8-11H,6-7,17H2,1-5H3,(H,18,19). The smallest absolute Gasteiger partial charge is 0.253 e. The number of nitrogens with one attached hydrogen (secondary N) is 1. The van der Waals surface area contributed by atoms with E-state index in [1.807, 2.05) is 6.92 Å². The molecule has 0 saturated heterocycles. The molecule has 118 valence electrons. The largest absolute Gasteiger partial charge is 0.493 e. The number of anilines is 1. The number of nitrogen functional groups attached to an aromatic ring is 1. The van der Waals surface area contributed by atoms with Crippen molar-refractivity contribution in [3.63, 3.8) is 0 Å². The third-order valence-corrected chi connectivity index (χ3v) is 3.35. The zero-order chi connectivity index (χ0) is 16.0. The van der Waals surface area contributed by atoms with Crippen LogP contribution in [-0.2, 0) is 0 Å². The number of benzene rings is 1. The van der Waals surface area contributed by atoms with E-state index in [0.717, 1.165) is 12.8 Å². The van der Waals surface area contributed by atoms with Gasteiger partial charge in [-0.2, -0.15) is 0 Å². The Labute approximate surface area is 126 Å². The summed E-state index contributed by atoms with van der Waals surface area (Å²) in [6, 6.07) is 3.32. The van der Waals surface area contributed by atoms with Gasteiger partial charge in [0.25, 0.3) is 5.91 Å². The number of rotatable bonds is 7. The molecule has 1 aromatic rings.